The van der Waals surface area contributed by atoms with Gasteiger partial charge in [0.05, 0.1) is 12.6 Å². The van der Waals surface area contributed by atoms with Gasteiger partial charge in [-0.2, -0.15) is 0 Å². The lowest BCUT2D eigenvalue weighted by Gasteiger charge is -2.40. The van der Waals surface area contributed by atoms with Gasteiger partial charge in [0.2, 0.25) is 5.43 Å². The third kappa shape index (κ3) is 5.02. The number of fused-ring (bicyclic) bond motifs is 1. The van der Waals surface area contributed by atoms with Gasteiger partial charge in [-0.05, 0) is 30.6 Å². The van der Waals surface area contributed by atoms with Crippen LogP contribution in [-0.2, 0) is 11.0 Å². The molecule has 8 heteroatoms. The van der Waals surface area contributed by atoms with Crippen molar-refractivity contribution in [3.63, 3.8) is 0 Å². The number of aromatic nitrogens is 1. The van der Waals surface area contributed by atoms with E-state index in [2.05, 4.69) is 39.3 Å². The van der Waals surface area contributed by atoms with Crippen LogP contribution in [0.15, 0.2) is 47.4 Å². The summed E-state index contributed by atoms with van der Waals surface area (Å²) in [5, 5.41) is 0.0925. The highest BCUT2D eigenvalue weighted by Crippen LogP contribution is 2.36. The van der Waals surface area contributed by atoms with Crippen molar-refractivity contribution in [2.45, 2.75) is 58.5 Å². The second kappa shape index (κ2) is 8.88. The van der Waals surface area contributed by atoms with E-state index in [1.807, 2.05) is 37.3 Å². The van der Waals surface area contributed by atoms with Gasteiger partial charge >= 0.3 is 0 Å². The Labute approximate surface area is 185 Å². The molecule has 7 nitrogen and oxygen atoms in total. The fourth-order valence-electron chi connectivity index (χ4n) is 3.07. The summed E-state index contributed by atoms with van der Waals surface area (Å²) < 4.78 is 13.7. The molecule has 168 valence electrons. The van der Waals surface area contributed by atoms with Crippen LogP contribution in [0.5, 0.6) is 5.75 Å². The number of carbonyl (C=O) groups is 1. The van der Waals surface area contributed by atoms with Crippen LogP contribution in [-0.4, -0.2) is 43.1 Å². The zero-order valence-electron chi connectivity index (χ0n) is 19.3. The van der Waals surface area contributed by atoms with Gasteiger partial charge in [-0.1, -0.05) is 51.1 Å². The first-order valence-electron chi connectivity index (χ1n) is 10.6. The van der Waals surface area contributed by atoms with Gasteiger partial charge in [0.25, 0.3) is 5.91 Å². The Kier molecular flexibility index (Phi) is 6.61. The normalized spacial score (nSPS) is 15.3. The van der Waals surface area contributed by atoms with Crippen molar-refractivity contribution in [1.29, 1.82) is 0 Å². The van der Waals surface area contributed by atoms with Gasteiger partial charge in [0.15, 0.2) is 19.8 Å². The molecule has 1 atom stereocenters. The maximum Gasteiger partial charge on any atom is 0.278 e. The fourth-order valence-corrected chi connectivity index (χ4v) is 4.16. The molecule has 1 aliphatic rings. The number of benzene rings is 1. The molecule has 0 radical (unpaired) electrons. The van der Waals surface area contributed by atoms with E-state index in [0.29, 0.717) is 13.3 Å². The number of nitrogens with one attached hydrogen (secondary N) is 1. The molecule has 0 aliphatic carbocycles. The van der Waals surface area contributed by atoms with E-state index in [9.17, 15) is 9.59 Å². The molecule has 0 spiro atoms. The molecule has 1 amide bonds. The number of hydrogen-bond donors (Lipinski definition) is 1. The number of nitrogens with zero attached hydrogens (tertiary/aromatic N) is 2. The van der Waals surface area contributed by atoms with Crippen molar-refractivity contribution in [2.75, 3.05) is 18.7 Å². The monoisotopic (exact) mass is 443 g/mol. The third-order valence-electron chi connectivity index (χ3n) is 6.18. The molecule has 1 aromatic carbocycles. The molecule has 0 fully saturated rings. The molecule has 0 saturated heterocycles. The largest absolute Gasteiger partial charge is 0.482 e. The average molecular weight is 444 g/mol. The molecule has 1 aliphatic heterocycles. The van der Waals surface area contributed by atoms with Gasteiger partial charge < -0.3 is 19.5 Å². The predicted molar refractivity (Wildman–Crippen MR) is 124 cm³/mol. The topological polar surface area (TPSA) is 72.8 Å². The van der Waals surface area contributed by atoms with E-state index in [-0.39, 0.29) is 40.5 Å². The molecule has 2 aromatic rings. The summed E-state index contributed by atoms with van der Waals surface area (Å²) in [6.45, 7) is 13.9. The van der Waals surface area contributed by atoms with Crippen molar-refractivity contribution in [3.8, 4) is 5.75 Å². The molecule has 0 saturated carbocycles. The van der Waals surface area contributed by atoms with E-state index in [1.54, 1.807) is 15.8 Å². The van der Waals surface area contributed by atoms with E-state index < -0.39 is 8.32 Å². The molecular formula is C23H33N3O4Si. The molecule has 1 unspecified atom stereocenters. The summed E-state index contributed by atoms with van der Waals surface area (Å²) in [7, 11) is -1.93. The SMILES string of the molecule is CC(CO[Si](C)(C)C(C)(C)C)N1CNn2ccc(=O)c(OCc3ccccc3)c2C1=O. The zero-order valence-corrected chi connectivity index (χ0v) is 20.3. The maximum absolute atomic E-state index is 13.4. The quantitative estimate of drug-likeness (QED) is 0.659. The minimum absolute atomic E-state index is 0.0612. The van der Waals surface area contributed by atoms with Crippen molar-refractivity contribution in [3.05, 3.63) is 64.1 Å². The van der Waals surface area contributed by atoms with E-state index in [1.165, 1.54) is 6.07 Å². The summed E-state index contributed by atoms with van der Waals surface area (Å²) in [6.07, 6.45) is 1.57. The van der Waals surface area contributed by atoms with Gasteiger partial charge in [-0.15, -0.1) is 0 Å². The van der Waals surface area contributed by atoms with E-state index in [4.69, 9.17) is 9.16 Å². The number of carbonyl (C=O) groups excluding carboxylic acids is 1. The first-order chi connectivity index (χ1) is 14.5. The molecule has 1 N–H and O–H groups in total. The lowest BCUT2D eigenvalue weighted by molar-refractivity contribution is 0.0588. The predicted octanol–water partition coefficient (Wildman–Crippen LogP) is 3.79. The first kappa shape index (κ1) is 23.1. The highest BCUT2D eigenvalue weighted by molar-refractivity contribution is 6.74. The zero-order chi connectivity index (χ0) is 22.8. The van der Waals surface area contributed by atoms with Crippen LogP contribution in [0.1, 0.15) is 43.7 Å². The number of ether oxygens (including phenoxy) is 1. The third-order valence-corrected chi connectivity index (χ3v) is 10.7. The Morgan fingerprint density at radius 1 is 1.13 bits per heavy atom. The molecule has 2 heterocycles. The summed E-state index contributed by atoms with van der Waals surface area (Å²) in [6, 6.07) is 10.8. The Bertz CT molecular complexity index is 983. The lowest BCUT2D eigenvalue weighted by atomic mass is 10.2. The van der Waals surface area contributed by atoms with Crippen LogP contribution in [0.25, 0.3) is 0 Å². The van der Waals surface area contributed by atoms with Gasteiger partial charge in [0, 0.05) is 12.3 Å². The minimum atomic E-state index is -1.93. The van der Waals surface area contributed by atoms with Crippen molar-refractivity contribution in [1.82, 2.24) is 9.58 Å². The van der Waals surface area contributed by atoms with Crippen LogP contribution >= 0.6 is 0 Å². The Morgan fingerprint density at radius 3 is 2.45 bits per heavy atom. The highest BCUT2D eigenvalue weighted by Gasteiger charge is 2.39. The Morgan fingerprint density at radius 2 is 1.81 bits per heavy atom. The molecular weight excluding hydrogens is 410 g/mol. The van der Waals surface area contributed by atoms with Gasteiger partial charge in [-0.25, -0.2) is 0 Å². The van der Waals surface area contributed by atoms with Crippen molar-refractivity contribution >= 4 is 14.2 Å². The molecule has 1 aromatic heterocycles. The summed E-state index contributed by atoms with van der Waals surface area (Å²) in [5.41, 5.74) is 4.00. The van der Waals surface area contributed by atoms with Crippen LogP contribution in [0, 0.1) is 0 Å². The summed E-state index contributed by atoms with van der Waals surface area (Å²) in [5.74, 6) is -0.183. The highest BCUT2D eigenvalue weighted by atomic mass is 28.4. The number of amides is 1. The summed E-state index contributed by atoms with van der Waals surface area (Å²) in [4.78, 5) is 27.6. The number of rotatable bonds is 7. The second-order valence-corrected chi connectivity index (χ2v) is 14.3. The van der Waals surface area contributed by atoms with Crippen LogP contribution in [0.3, 0.4) is 0 Å². The second-order valence-electron chi connectivity index (χ2n) is 9.51. The molecule has 3 rings (SSSR count). The lowest BCUT2D eigenvalue weighted by Crippen LogP contribution is -2.53. The Balaban J connectivity index is 1.79. The first-order valence-corrected chi connectivity index (χ1v) is 13.5. The average Bonchev–Trinajstić information content (AvgIpc) is 2.71. The van der Waals surface area contributed by atoms with Crippen LogP contribution < -0.4 is 15.6 Å². The van der Waals surface area contributed by atoms with Crippen LogP contribution in [0.2, 0.25) is 18.1 Å². The van der Waals surface area contributed by atoms with Gasteiger partial charge in [-0.3, -0.25) is 14.3 Å². The molecule has 31 heavy (non-hydrogen) atoms. The van der Waals surface area contributed by atoms with Crippen LogP contribution in [0.4, 0.5) is 0 Å². The smallest absolute Gasteiger partial charge is 0.278 e. The standard InChI is InChI=1S/C23H33N3O4Si/c1-17(14-30-31(5,6)23(2,3)4)25-16-24-26-13-12-19(27)21(20(26)22(25)28)29-15-18-10-8-7-9-11-18/h7-13,17,24H,14-16H2,1-6H3. The molecule has 0 bridgehead atoms. The minimum Gasteiger partial charge on any atom is -0.482 e. The number of pyridine rings is 1. The maximum atomic E-state index is 13.4. The van der Waals surface area contributed by atoms with E-state index >= 15 is 0 Å². The number of hydrogen-bond acceptors (Lipinski definition) is 5. The summed E-state index contributed by atoms with van der Waals surface area (Å²) >= 11 is 0. The van der Waals surface area contributed by atoms with Crippen molar-refractivity contribution in [2.24, 2.45) is 0 Å². The Hall–Kier alpha value is -2.58. The van der Waals surface area contributed by atoms with Gasteiger partial charge in [0.1, 0.15) is 13.3 Å². The van der Waals surface area contributed by atoms with E-state index in [0.717, 1.165) is 5.56 Å². The van der Waals surface area contributed by atoms with Crippen molar-refractivity contribution < 1.29 is 14.0 Å². The fraction of sp³-hybridized carbons (Fsp3) is 0.478.